The summed E-state index contributed by atoms with van der Waals surface area (Å²) < 4.78 is 0. The summed E-state index contributed by atoms with van der Waals surface area (Å²) in [5, 5.41) is 10.2. The van der Waals surface area contributed by atoms with Crippen LogP contribution >= 0.6 is 11.8 Å². The van der Waals surface area contributed by atoms with E-state index in [-0.39, 0.29) is 0 Å². The molecule has 50 valence electrons. The predicted molar refractivity (Wildman–Crippen MR) is 35.9 cm³/mol. The van der Waals surface area contributed by atoms with Gasteiger partial charge in [-0.1, -0.05) is 6.08 Å². The molecule has 1 unspecified atom stereocenters. The second kappa shape index (κ2) is 2.04. The van der Waals surface area contributed by atoms with E-state index in [0.29, 0.717) is 6.42 Å². The van der Waals surface area contributed by atoms with Gasteiger partial charge in [0.25, 0.3) is 0 Å². The van der Waals surface area contributed by atoms with Gasteiger partial charge in [0.1, 0.15) is 0 Å². The van der Waals surface area contributed by atoms with E-state index in [1.807, 2.05) is 0 Å². The van der Waals surface area contributed by atoms with E-state index in [9.17, 15) is 4.79 Å². The van der Waals surface area contributed by atoms with Crippen LogP contribution in [0.2, 0.25) is 0 Å². The molecule has 0 aromatic carbocycles. The van der Waals surface area contributed by atoms with Gasteiger partial charge in [0, 0.05) is 6.42 Å². The molecule has 1 heterocycles. The number of nitrogens with two attached hydrogens (primary N) is 1. The molecule has 0 fully saturated rings. The van der Waals surface area contributed by atoms with E-state index in [1.54, 1.807) is 11.5 Å². The summed E-state index contributed by atoms with van der Waals surface area (Å²) in [6, 6.07) is 0. The SMILES string of the molecule is NC1(C(=O)O)CC=CS1. The van der Waals surface area contributed by atoms with Crippen LogP contribution < -0.4 is 5.73 Å². The first-order valence-corrected chi connectivity index (χ1v) is 3.38. The summed E-state index contributed by atoms with van der Waals surface area (Å²) in [6.45, 7) is 0. The highest BCUT2D eigenvalue weighted by Crippen LogP contribution is 2.31. The molecule has 1 atom stereocenters. The largest absolute Gasteiger partial charge is 0.479 e. The molecule has 0 amide bonds. The monoisotopic (exact) mass is 145 g/mol. The van der Waals surface area contributed by atoms with Crippen molar-refractivity contribution in [3.8, 4) is 0 Å². The summed E-state index contributed by atoms with van der Waals surface area (Å²) in [4.78, 5) is 9.25. The van der Waals surface area contributed by atoms with Crippen molar-refractivity contribution < 1.29 is 9.90 Å². The Balaban J connectivity index is 2.66. The van der Waals surface area contributed by atoms with E-state index in [4.69, 9.17) is 10.8 Å². The zero-order valence-electron chi connectivity index (χ0n) is 4.70. The Labute approximate surface area is 56.9 Å². The van der Waals surface area contributed by atoms with Gasteiger partial charge < -0.3 is 10.8 Å². The fourth-order valence-electron chi connectivity index (χ4n) is 0.579. The first kappa shape index (κ1) is 6.64. The molecule has 3 nitrogen and oxygen atoms in total. The second-order valence-electron chi connectivity index (χ2n) is 1.89. The molecule has 0 radical (unpaired) electrons. The molecular formula is C5H7NO2S. The van der Waals surface area contributed by atoms with Gasteiger partial charge in [-0.15, -0.1) is 11.8 Å². The average molecular weight is 145 g/mol. The van der Waals surface area contributed by atoms with Gasteiger partial charge in [-0.2, -0.15) is 0 Å². The van der Waals surface area contributed by atoms with Crippen molar-refractivity contribution >= 4 is 17.7 Å². The zero-order chi connectivity index (χ0) is 6.91. The van der Waals surface area contributed by atoms with Crippen LogP contribution in [0, 0.1) is 0 Å². The van der Waals surface area contributed by atoms with Crippen molar-refractivity contribution in [2.45, 2.75) is 11.3 Å². The van der Waals surface area contributed by atoms with Gasteiger partial charge >= 0.3 is 5.97 Å². The first-order valence-electron chi connectivity index (χ1n) is 2.50. The van der Waals surface area contributed by atoms with Crippen LogP contribution in [0.15, 0.2) is 11.5 Å². The van der Waals surface area contributed by atoms with Gasteiger partial charge in [-0.05, 0) is 5.41 Å². The number of hydrogen-bond acceptors (Lipinski definition) is 3. The standard InChI is InChI=1S/C5H7NO2S/c6-5(4(7)8)2-1-3-9-5/h1,3H,2,6H2,(H,7,8). The summed E-state index contributed by atoms with van der Waals surface area (Å²) in [7, 11) is 0. The number of carboxylic acid groups (broad SMARTS) is 1. The van der Waals surface area contributed by atoms with E-state index in [0.717, 1.165) is 11.8 Å². The van der Waals surface area contributed by atoms with Crippen molar-refractivity contribution in [2.75, 3.05) is 0 Å². The number of rotatable bonds is 1. The highest BCUT2D eigenvalue weighted by Gasteiger charge is 2.35. The summed E-state index contributed by atoms with van der Waals surface area (Å²) in [5.41, 5.74) is 5.40. The maximum atomic E-state index is 10.3. The summed E-state index contributed by atoms with van der Waals surface area (Å²) in [6.07, 6.45) is 2.19. The van der Waals surface area contributed by atoms with Crippen LogP contribution in [-0.4, -0.2) is 15.9 Å². The Morgan fingerprint density at radius 3 is 2.78 bits per heavy atom. The van der Waals surface area contributed by atoms with E-state index in [1.165, 1.54) is 0 Å². The smallest absolute Gasteiger partial charge is 0.334 e. The third-order valence-electron chi connectivity index (χ3n) is 1.16. The fourth-order valence-corrected chi connectivity index (χ4v) is 1.31. The molecule has 0 aromatic rings. The zero-order valence-corrected chi connectivity index (χ0v) is 5.52. The van der Waals surface area contributed by atoms with Crippen LogP contribution in [0.5, 0.6) is 0 Å². The Morgan fingerprint density at radius 1 is 1.89 bits per heavy atom. The van der Waals surface area contributed by atoms with E-state index < -0.39 is 10.8 Å². The average Bonchev–Trinajstić information content (AvgIpc) is 2.16. The summed E-state index contributed by atoms with van der Waals surface area (Å²) in [5.74, 6) is -0.947. The van der Waals surface area contributed by atoms with Crippen molar-refractivity contribution in [1.82, 2.24) is 0 Å². The Hall–Kier alpha value is -0.480. The molecule has 4 heteroatoms. The molecule has 0 aliphatic carbocycles. The molecular weight excluding hydrogens is 138 g/mol. The minimum absolute atomic E-state index is 0.424. The minimum atomic E-state index is -1.08. The highest BCUT2D eigenvalue weighted by atomic mass is 32.2. The van der Waals surface area contributed by atoms with E-state index in [2.05, 4.69) is 0 Å². The van der Waals surface area contributed by atoms with Crippen molar-refractivity contribution in [3.63, 3.8) is 0 Å². The number of carboxylic acids is 1. The number of aliphatic carboxylic acids is 1. The molecule has 3 N–H and O–H groups in total. The van der Waals surface area contributed by atoms with E-state index >= 15 is 0 Å². The lowest BCUT2D eigenvalue weighted by atomic mass is 10.2. The van der Waals surface area contributed by atoms with Gasteiger partial charge in [0.15, 0.2) is 4.87 Å². The van der Waals surface area contributed by atoms with Crippen LogP contribution in [0.3, 0.4) is 0 Å². The normalized spacial score (nSPS) is 33.0. The molecule has 1 aliphatic rings. The third kappa shape index (κ3) is 1.09. The Kier molecular flexibility index (Phi) is 1.50. The molecule has 0 bridgehead atoms. The van der Waals surface area contributed by atoms with Crippen molar-refractivity contribution in [3.05, 3.63) is 11.5 Å². The molecule has 0 spiro atoms. The molecule has 9 heavy (non-hydrogen) atoms. The lowest BCUT2D eigenvalue weighted by Crippen LogP contribution is -2.42. The topological polar surface area (TPSA) is 63.3 Å². The summed E-state index contributed by atoms with van der Waals surface area (Å²) >= 11 is 1.15. The minimum Gasteiger partial charge on any atom is -0.479 e. The van der Waals surface area contributed by atoms with Gasteiger partial charge in [0.2, 0.25) is 0 Å². The molecule has 1 aliphatic heterocycles. The van der Waals surface area contributed by atoms with Crippen LogP contribution in [-0.2, 0) is 4.79 Å². The maximum Gasteiger partial charge on any atom is 0.334 e. The fraction of sp³-hybridized carbons (Fsp3) is 0.400. The van der Waals surface area contributed by atoms with Crippen LogP contribution in [0.1, 0.15) is 6.42 Å². The number of hydrogen-bond donors (Lipinski definition) is 2. The van der Waals surface area contributed by atoms with Crippen LogP contribution in [0.4, 0.5) is 0 Å². The second-order valence-corrected chi connectivity index (χ2v) is 3.12. The van der Waals surface area contributed by atoms with Crippen molar-refractivity contribution in [1.29, 1.82) is 0 Å². The molecule has 1 rings (SSSR count). The maximum absolute atomic E-state index is 10.3. The lowest BCUT2D eigenvalue weighted by Gasteiger charge is -2.14. The lowest BCUT2D eigenvalue weighted by molar-refractivity contribution is -0.139. The third-order valence-corrected chi connectivity index (χ3v) is 2.25. The Morgan fingerprint density at radius 2 is 2.56 bits per heavy atom. The Bertz CT molecular complexity index is 158. The number of carbonyl (C=O) groups is 1. The van der Waals surface area contributed by atoms with Crippen molar-refractivity contribution in [2.24, 2.45) is 5.73 Å². The van der Waals surface area contributed by atoms with Gasteiger partial charge in [0.05, 0.1) is 0 Å². The quantitative estimate of drug-likeness (QED) is 0.559. The van der Waals surface area contributed by atoms with Gasteiger partial charge in [-0.3, -0.25) is 0 Å². The molecule has 0 saturated carbocycles. The number of thioether (sulfide) groups is 1. The predicted octanol–water partition coefficient (Wildman–Crippen LogP) is 0.377. The molecule has 0 saturated heterocycles. The highest BCUT2D eigenvalue weighted by molar-refractivity contribution is 8.04. The van der Waals surface area contributed by atoms with Gasteiger partial charge in [-0.25, -0.2) is 4.79 Å². The first-order chi connectivity index (χ1) is 4.15. The molecule has 0 aromatic heterocycles. The van der Waals surface area contributed by atoms with Crippen LogP contribution in [0.25, 0.3) is 0 Å².